The predicted octanol–water partition coefficient (Wildman–Crippen LogP) is 2.75. The molecular formula is Cl4Cu3. The van der Waals surface area contributed by atoms with E-state index in [4.69, 9.17) is 0 Å². The standard InChI is InChI=1S/4ClH.3Cu/h4*1H;;;/q;;;;;2*+2/p-4. The molecule has 0 heterocycles. The SMILES string of the molecule is [Cl][Cu][Cl].[Cl][Cu][Cl].[Cu]. The van der Waals surface area contributed by atoms with E-state index in [1.165, 1.54) is 0 Å². The van der Waals surface area contributed by atoms with Gasteiger partial charge in [-0.2, -0.15) is 0 Å². The number of halogens is 4. The molecule has 0 aliphatic carbocycles. The fourth-order valence-electron chi connectivity index (χ4n) is 0. The Morgan fingerprint density at radius 3 is 0.714 bits per heavy atom. The molecular weight excluding hydrogens is 332 g/mol. The first-order valence-electron chi connectivity index (χ1n) is 0.456. The van der Waals surface area contributed by atoms with E-state index in [9.17, 15) is 0 Å². The Hall–Kier alpha value is 2.72. The summed E-state index contributed by atoms with van der Waals surface area (Å²) in [6, 6.07) is 0. The summed E-state index contributed by atoms with van der Waals surface area (Å²) < 4.78 is 0. The Labute approximate surface area is 82.7 Å². The van der Waals surface area contributed by atoms with E-state index in [1.54, 1.807) is 0 Å². The molecule has 0 aliphatic rings. The summed E-state index contributed by atoms with van der Waals surface area (Å²) in [6.45, 7) is 0. The smallest absolute Gasteiger partial charge is 0 e. The third kappa shape index (κ3) is 53.3. The van der Waals surface area contributed by atoms with Crippen molar-refractivity contribution in [3.63, 3.8) is 0 Å². The van der Waals surface area contributed by atoms with Gasteiger partial charge in [-0.05, 0) is 0 Å². The van der Waals surface area contributed by atoms with E-state index in [0.717, 1.165) is 26.3 Å². The first kappa shape index (κ1) is 16.4. The maximum absolute atomic E-state index is 4.67. The van der Waals surface area contributed by atoms with Crippen molar-refractivity contribution in [1.82, 2.24) is 0 Å². The van der Waals surface area contributed by atoms with Crippen LogP contribution >= 0.6 is 40.4 Å². The largest absolute Gasteiger partial charge is 0 e. The van der Waals surface area contributed by atoms with Crippen molar-refractivity contribution in [3.8, 4) is 0 Å². The van der Waals surface area contributed by atoms with E-state index in [0.29, 0.717) is 0 Å². The molecule has 0 amide bonds. The van der Waals surface area contributed by atoms with Crippen molar-refractivity contribution < 1.29 is 43.3 Å². The van der Waals surface area contributed by atoms with Crippen LogP contribution in [0, 0.1) is 0 Å². The molecule has 0 spiro atoms. The van der Waals surface area contributed by atoms with Crippen LogP contribution in [0.25, 0.3) is 0 Å². The van der Waals surface area contributed by atoms with Gasteiger partial charge in [0.25, 0.3) is 0 Å². The molecule has 0 aromatic carbocycles. The van der Waals surface area contributed by atoms with Crippen LogP contribution in [-0.4, -0.2) is 0 Å². The van der Waals surface area contributed by atoms with Gasteiger partial charge in [0.1, 0.15) is 0 Å². The third-order valence-corrected chi connectivity index (χ3v) is 0. The zero-order chi connectivity index (χ0) is 5.41. The average Bonchev–Trinajstić information content (AvgIpc) is 1.39. The molecule has 7 heavy (non-hydrogen) atoms. The Balaban J connectivity index is -0.0000000400. The second kappa shape index (κ2) is 23.3. The molecule has 0 saturated heterocycles. The molecule has 1 radical (unpaired) electrons. The van der Waals surface area contributed by atoms with E-state index < -0.39 is 0 Å². The molecule has 0 aromatic rings. The summed E-state index contributed by atoms with van der Waals surface area (Å²) in [6.07, 6.45) is 0. The number of rotatable bonds is 0. The molecule has 0 bridgehead atoms. The summed E-state index contributed by atoms with van der Waals surface area (Å²) >= 11 is 1.51. The molecule has 0 N–H and O–H groups in total. The first-order valence-corrected chi connectivity index (χ1v) is 5.64. The van der Waals surface area contributed by atoms with Crippen LogP contribution in [0.1, 0.15) is 0 Å². The van der Waals surface area contributed by atoms with Crippen molar-refractivity contribution in [2.45, 2.75) is 0 Å². The summed E-state index contributed by atoms with van der Waals surface area (Å²) in [7, 11) is 18.7. The van der Waals surface area contributed by atoms with Gasteiger partial charge in [0.15, 0.2) is 0 Å². The van der Waals surface area contributed by atoms with Crippen LogP contribution in [0.2, 0.25) is 0 Å². The zero-order valence-electron chi connectivity index (χ0n) is 2.42. The van der Waals surface area contributed by atoms with Crippen molar-refractivity contribution >= 4 is 40.4 Å². The molecule has 0 fully saturated rings. The predicted molar refractivity (Wildman–Crippen MR) is 23.4 cm³/mol. The minimum atomic E-state index is 0. The van der Waals surface area contributed by atoms with E-state index >= 15 is 0 Å². The zero-order valence-corrected chi connectivity index (χ0v) is 8.27. The van der Waals surface area contributed by atoms with Crippen molar-refractivity contribution in [2.75, 3.05) is 0 Å². The minimum Gasteiger partial charge on any atom is 0 e. The molecule has 0 aliphatic heterocycles. The summed E-state index contributed by atoms with van der Waals surface area (Å²) in [4.78, 5) is 0. The van der Waals surface area contributed by atoms with Gasteiger partial charge in [-0.1, -0.05) is 0 Å². The van der Waals surface area contributed by atoms with Gasteiger partial charge in [0, 0.05) is 17.1 Å². The van der Waals surface area contributed by atoms with Gasteiger partial charge in [0.2, 0.25) is 0 Å². The fourth-order valence-corrected chi connectivity index (χ4v) is 0. The molecule has 7 heteroatoms. The van der Waals surface area contributed by atoms with Gasteiger partial charge >= 0.3 is 66.7 Å². The number of hydrogen-bond acceptors (Lipinski definition) is 0. The van der Waals surface area contributed by atoms with Crippen molar-refractivity contribution in [1.29, 1.82) is 0 Å². The van der Waals surface area contributed by atoms with Crippen LogP contribution in [0.5, 0.6) is 0 Å². The van der Waals surface area contributed by atoms with Gasteiger partial charge in [-0.15, -0.1) is 0 Å². The summed E-state index contributed by atoms with van der Waals surface area (Å²) in [5.74, 6) is 0. The number of hydrogen-bond donors (Lipinski definition) is 0. The van der Waals surface area contributed by atoms with Crippen LogP contribution in [0.3, 0.4) is 0 Å². The third-order valence-electron chi connectivity index (χ3n) is 0. The topological polar surface area (TPSA) is 0 Å². The Bertz CT molecular complexity index is 8.90. The summed E-state index contributed by atoms with van der Waals surface area (Å²) in [5, 5.41) is 0. The molecule has 0 nitrogen and oxygen atoms in total. The fraction of sp³-hybridized carbons (Fsp3) is 0. The van der Waals surface area contributed by atoms with Crippen molar-refractivity contribution in [2.24, 2.45) is 0 Å². The maximum Gasteiger partial charge on any atom is 0 e. The Morgan fingerprint density at radius 1 is 0.714 bits per heavy atom. The molecule has 61 valence electrons. The quantitative estimate of drug-likeness (QED) is 0.599. The molecule has 0 saturated carbocycles. The van der Waals surface area contributed by atoms with E-state index in [2.05, 4.69) is 40.4 Å². The average molecular weight is 332 g/mol. The van der Waals surface area contributed by atoms with Gasteiger partial charge < -0.3 is 0 Å². The first-order chi connectivity index (χ1) is 2.83. The summed E-state index contributed by atoms with van der Waals surface area (Å²) in [5.41, 5.74) is 0. The van der Waals surface area contributed by atoms with Crippen LogP contribution in [0.4, 0.5) is 0 Å². The normalized spacial score (nSPS) is 6.29. The van der Waals surface area contributed by atoms with E-state index in [1.807, 2.05) is 0 Å². The minimum absolute atomic E-state index is 0. The second-order valence-corrected chi connectivity index (χ2v) is 3.20. The Kier molecular flexibility index (Phi) is 54.5. The van der Waals surface area contributed by atoms with Gasteiger partial charge in [0.05, 0.1) is 0 Å². The van der Waals surface area contributed by atoms with E-state index in [-0.39, 0.29) is 17.1 Å². The Morgan fingerprint density at radius 2 is 0.714 bits per heavy atom. The van der Waals surface area contributed by atoms with Gasteiger partial charge in [-0.3, -0.25) is 0 Å². The monoisotopic (exact) mass is 329 g/mol. The van der Waals surface area contributed by atoms with Crippen LogP contribution < -0.4 is 0 Å². The second-order valence-electron chi connectivity index (χ2n) is 0.0861. The molecule has 0 aromatic heterocycles. The van der Waals surface area contributed by atoms with Crippen LogP contribution in [-0.2, 0) is 43.3 Å². The van der Waals surface area contributed by atoms with Crippen molar-refractivity contribution in [3.05, 3.63) is 0 Å². The van der Waals surface area contributed by atoms with Crippen LogP contribution in [0.15, 0.2) is 0 Å². The molecule has 0 rings (SSSR count). The van der Waals surface area contributed by atoms with Gasteiger partial charge in [-0.25, -0.2) is 0 Å². The maximum atomic E-state index is 4.67. The molecule has 0 atom stereocenters. The molecule has 0 unspecified atom stereocenters.